The van der Waals surface area contributed by atoms with Crippen molar-refractivity contribution < 1.29 is 37.5 Å². The summed E-state index contributed by atoms with van der Waals surface area (Å²) in [5, 5.41) is 18.8. The fourth-order valence-electron chi connectivity index (χ4n) is 4.28. The van der Waals surface area contributed by atoms with Crippen molar-refractivity contribution in [3.05, 3.63) is 60.4 Å². The molecule has 1 aromatic heterocycles. The highest BCUT2D eigenvalue weighted by molar-refractivity contribution is 5.91. The van der Waals surface area contributed by atoms with Gasteiger partial charge in [0.25, 0.3) is 0 Å². The van der Waals surface area contributed by atoms with Gasteiger partial charge < -0.3 is 24.4 Å². The summed E-state index contributed by atoms with van der Waals surface area (Å²) in [6, 6.07) is 9.69. The standard InChI is InChI=1S/C25H25F2N5O6/c1-14(33)28-10-17-12-31(24(34)37-17)15-2-4-19(21(26)8-15)20-5-3-16(9-22(20)27)32-13-18(38-25(32)35)11-29-23-6-7-36-30-23/h2-9,14,17-18,28,33H,10-13H2,1H3,(H,29,30)/t14?,17-,18-/m0/s1. The molecule has 0 bridgehead atoms. The zero-order valence-corrected chi connectivity index (χ0v) is 20.3. The summed E-state index contributed by atoms with van der Waals surface area (Å²) in [5.74, 6) is -0.958. The van der Waals surface area contributed by atoms with E-state index in [9.17, 15) is 14.7 Å². The lowest BCUT2D eigenvalue weighted by atomic mass is 10.0. The second kappa shape index (κ2) is 10.6. The monoisotopic (exact) mass is 529 g/mol. The van der Waals surface area contributed by atoms with Gasteiger partial charge in [0.15, 0.2) is 5.82 Å². The zero-order chi connectivity index (χ0) is 26.8. The van der Waals surface area contributed by atoms with E-state index in [2.05, 4.69) is 15.8 Å². The lowest BCUT2D eigenvalue weighted by Crippen LogP contribution is -2.35. The number of hydrogen-bond acceptors (Lipinski definition) is 9. The summed E-state index contributed by atoms with van der Waals surface area (Å²) in [6.45, 7) is 2.42. The molecule has 5 rings (SSSR count). The first-order chi connectivity index (χ1) is 18.3. The van der Waals surface area contributed by atoms with Crippen LogP contribution < -0.4 is 20.4 Å². The lowest BCUT2D eigenvalue weighted by molar-refractivity contribution is 0.110. The molecule has 3 heterocycles. The van der Waals surface area contributed by atoms with Crippen LogP contribution in [0.3, 0.4) is 0 Å². The number of rotatable bonds is 9. The van der Waals surface area contributed by atoms with E-state index in [1.807, 2.05) is 0 Å². The Balaban J connectivity index is 1.26. The van der Waals surface area contributed by atoms with Crippen LogP contribution in [0.5, 0.6) is 0 Å². The second-order valence-corrected chi connectivity index (χ2v) is 8.91. The minimum atomic E-state index is -0.763. The van der Waals surface area contributed by atoms with Gasteiger partial charge in [-0.1, -0.05) is 5.16 Å². The maximum absolute atomic E-state index is 15.1. The molecule has 0 aliphatic carbocycles. The fourth-order valence-corrected chi connectivity index (χ4v) is 4.28. The van der Waals surface area contributed by atoms with Crippen LogP contribution >= 0.6 is 0 Å². The van der Waals surface area contributed by atoms with Crippen LogP contribution in [-0.4, -0.2) is 67.1 Å². The Morgan fingerprint density at radius 2 is 1.50 bits per heavy atom. The number of hydrogen-bond donors (Lipinski definition) is 3. The predicted molar refractivity (Wildman–Crippen MR) is 132 cm³/mol. The summed E-state index contributed by atoms with van der Waals surface area (Å²) in [4.78, 5) is 27.2. The Labute approximate surface area is 215 Å². The molecule has 0 radical (unpaired) electrons. The van der Waals surface area contributed by atoms with E-state index in [1.54, 1.807) is 13.0 Å². The molecular formula is C25H25F2N5O6. The summed E-state index contributed by atoms with van der Waals surface area (Å²) in [7, 11) is 0. The summed E-state index contributed by atoms with van der Waals surface area (Å²) in [6.07, 6.45) is -1.63. The predicted octanol–water partition coefficient (Wildman–Crippen LogP) is 3.31. The zero-order valence-electron chi connectivity index (χ0n) is 20.3. The fraction of sp³-hybridized carbons (Fsp3) is 0.320. The third-order valence-electron chi connectivity index (χ3n) is 6.16. The molecule has 2 fully saturated rings. The molecule has 2 aliphatic rings. The van der Waals surface area contributed by atoms with E-state index in [1.165, 1.54) is 40.3 Å². The third-order valence-corrected chi connectivity index (χ3v) is 6.16. The number of carbonyl (C=O) groups excluding carboxylic acids is 2. The number of aliphatic hydroxyl groups excluding tert-OH is 1. The Kier molecular flexibility index (Phi) is 7.11. The van der Waals surface area contributed by atoms with Gasteiger partial charge in [0.05, 0.1) is 31.0 Å². The van der Waals surface area contributed by atoms with Crippen molar-refractivity contribution >= 4 is 29.4 Å². The molecule has 13 heteroatoms. The number of nitrogens with zero attached hydrogens (tertiary/aromatic N) is 3. The number of anilines is 3. The van der Waals surface area contributed by atoms with Crippen molar-refractivity contribution in [2.45, 2.75) is 25.4 Å². The number of aromatic nitrogens is 1. The highest BCUT2D eigenvalue weighted by Crippen LogP contribution is 2.33. The van der Waals surface area contributed by atoms with Gasteiger partial charge in [-0.15, -0.1) is 0 Å². The molecule has 1 unspecified atom stereocenters. The SMILES string of the molecule is CC(O)NC[C@H]1CN(c2ccc(-c3ccc(N4C[C@H](CNc5ccon5)OC4=O)cc3F)c(F)c2)C(=O)O1. The molecule has 38 heavy (non-hydrogen) atoms. The third kappa shape index (κ3) is 5.38. The number of aliphatic hydroxyl groups is 1. The van der Waals surface area contributed by atoms with Crippen LogP contribution in [-0.2, 0) is 9.47 Å². The Morgan fingerprint density at radius 3 is 1.97 bits per heavy atom. The molecule has 2 aliphatic heterocycles. The van der Waals surface area contributed by atoms with Crippen molar-refractivity contribution in [1.82, 2.24) is 10.5 Å². The smallest absolute Gasteiger partial charge is 0.414 e. The van der Waals surface area contributed by atoms with Gasteiger partial charge in [-0.3, -0.25) is 15.1 Å². The Bertz CT molecular complexity index is 1320. The number of ether oxygens (including phenoxy) is 2. The van der Waals surface area contributed by atoms with Crippen molar-refractivity contribution in [2.75, 3.05) is 41.3 Å². The topological polar surface area (TPSA) is 129 Å². The van der Waals surface area contributed by atoms with E-state index >= 15 is 8.78 Å². The average molecular weight is 530 g/mol. The lowest BCUT2D eigenvalue weighted by Gasteiger charge is -2.16. The van der Waals surface area contributed by atoms with Crippen LogP contribution in [0.15, 0.2) is 53.3 Å². The van der Waals surface area contributed by atoms with Crippen molar-refractivity contribution in [3.8, 4) is 11.1 Å². The van der Waals surface area contributed by atoms with E-state index in [-0.39, 0.29) is 48.7 Å². The first-order valence-corrected chi connectivity index (χ1v) is 11.9. The molecule has 2 aromatic carbocycles. The molecule has 3 N–H and O–H groups in total. The van der Waals surface area contributed by atoms with Gasteiger partial charge in [0.2, 0.25) is 0 Å². The minimum Gasteiger partial charge on any atom is -0.443 e. The number of benzene rings is 2. The number of amides is 2. The van der Waals surface area contributed by atoms with Gasteiger partial charge in [-0.05, 0) is 43.3 Å². The van der Waals surface area contributed by atoms with E-state index in [0.717, 1.165) is 12.1 Å². The first-order valence-electron chi connectivity index (χ1n) is 11.9. The maximum atomic E-state index is 15.1. The van der Waals surface area contributed by atoms with E-state index in [4.69, 9.17) is 14.0 Å². The molecular weight excluding hydrogens is 504 g/mol. The molecule has 3 atom stereocenters. The second-order valence-electron chi connectivity index (χ2n) is 8.91. The Morgan fingerprint density at radius 1 is 0.947 bits per heavy atom. The average Bonchev–Trinajstić information content (AvgIpc) is 3.62. The molecule has 0 saturated carbocycles. The van der Waals surface area contributed by atoms with Crippen LogP contribution in [0.4, 0.5) is 35.6 Å². The summed E-state index contributed by atoms with van der Waals surface area (Å²) < 4.78 is 45.5. The van der Waals surface area contributed by atoms with Crippen LogP contribution in [0.25, 0.3) is 11.1 Å². The van der Waals surface area contributed by atoms with Crippen molar-refractivity contribution in [1.29, 1.82) is 0 Å². The van der Waals surface area contributed by atoms with Gasteiger partial charge in [-0.25, -0.2) is 18.4 Å². The maximum Gasteiger partial charge on any atom is 0.414 e. The van der Waals surface area contributed by atoms with E-state index in [0.29, 0.717) is 5.82 Å². The number of halogens is 2. The van der Waals surface area contributed by atoms with E-state index < -0.39 is 42.3 Å². The number of cyclic esters (lactones) is 2. The van der Waals surface area contributed by atoms with Gasteiger partial charge >= 0.3 is 12.2 Å². The summed E-state index contributed by atoms with van der Waals surface area (Å²) >= 11 is 0. The molecule has 0 spiro atoms. The minimum absolute atomic E-state index is 0.00220. The molecule has 200 valence electrons. The van der Waals surface area contributed by atoms with Gasteiger partial charge in [0, 0.05) is 23.7 Å². The van der Waals surface area contributed by atoms with Crippen LogP contribution in [0, 0.1) is 11.6 Å². The molecule has 2 saturated heterocycles. The van der Waals surface area contributed by atoms with Gasteiger partial charge in [0.1, 0.15) is 36.3 Å². The summed E-state index contributed by atoms with van der Waals surface area (Å²) in [5.41, 5.74) is 0.528. The van der Waals surface area contributed by atoms with Crippen LogP contribution in [0.1, 0.15) is 6.92 Å². The number of carbonyl (C=O) groups is 2. The van der Waals surface area contributed by atoms with Crippen molar-refractivity contribution in [2.24, 2.45) is 0 Å². The largest absolute Gasteiger partial charge is 0.443 e. The molecule has 3 aromatic rings. The molecule has 11 nitrogen and oxygen atoms in total. The van der Waals surface area contributed by atoms with Crippen molar-refractivity contribution in [3.63, 3.8) is 0 Å². The molecule has 2 amide bonds. The highest BCUT2D eigenvalue weighted by atomic mass is 19.1. The first kappa shape index (κ1) is 25.4. The highest BCUT2D eigenvalue weighted by Gasteiger charge is 2.34. The van der Waals surface area contributed by atoms with Gasteiger partial charge in [-0.2, -0.15) is 0 Å². The quantitative estimate of drug-likeness (QED) is 0.358. The number of nitrogens with one attached hydrogen (secondary N) is 2. The Hall–Kier alpha value is -4.23. The normalized spacial score (nSPS) is 20.0. The van der Waals surface area contributed by atoms with Crippen LogP contribution in [0.2, 0.25) is 0 Å².